The summed E-state index contributed by atoms with van der Waals surface area (Å²) in [6.45, 7) is -0.136. The van der Waals surface area contributed by atoms with Crippen molar-refractivity contribution < 1.29 is 19.1 Å². The Bertz CT molecular complexity index is 625. The summed E-state index contributed by atoms with van der Waals surface area (Å²) in [5.74, 6) is -0.333. The van der Waals surface area contributed by atoms with Gasteiger partial charge in [-0.2, -0.15) is 0 Å². The fourth-order valence-electron chi connectivity index (χ4n) is 1.64. The van der Waals surface area contributed by atoms with Crippen LogP contribution in [0.1, 0.15) is 20.7 Å². The minimum Gasteiger partial charge on any atom is -0.375 e. The summed E-state index contributed by atoms with van der Waals surface area (Å²) in [5.41, 5.74) is 0.704. The highest BCUT2D eigenvalue weighted by Gasteiger charge is 2.29. The molecule has 22 heavy (non-hydrogen) atoms. The van der Waals surface area contributed by atoms with Crippen LogP contribution in [-0.2, 0) is 9.53 Å². The molecule has 0 saturated carbocycles. The van der Waals surface area contributed by atoms with E-state index in [1.807, 2.05) is 67.8 Å². The van der Waals surface area contributed by atoms with E-state index < -0.39 is 10.5 Å². The number of halogens is 5. The molecule has 0 saturated heterocycles. The topological polar surface area (TPSA) is 63.7 Å². The third kappa shape index (κ3) is 4.23. The molecular weight excluding hydrogens is 674 g/mol. The summed E-state index contributed by atoms with van der Waals surface area (Å²) in [7, 11) is 2.93. The Morgan fingerprint density at radius 2 is 1.41 bits per heavy atom. The van der Waals surface area contributed by atoms with Crippen molar-refractivity contribution in [2.45, 2.75) is 0 Å². The molecule has 1 rings (SSSR count). The van der Waals surface area contributed by atoms with Gasteiger partial charge in [0, 0.05) is 17.7 Å². The van der Waals surface area contributed by atoms with Crippen molar-refractivity contribution >= 4 is 113 Å². The molecule has 0 N–H and O–H groups in total. The van der Waals surface area contributed by atoms with Gasteiger partial charge < -0.3 is 9.64 Å². The fourth-order valence-corrected chi connectivity index (χ4v) is 7.52. The lowest BCUT2D eigenvalue weighted by Gasteiger charge is -2.23. The third-order valence-corrected chi connectivity index (χ3v) is 6.22. The van der Waals surface area contributed by atoms with E-state index in [-0.39, 0.29) is 23.6 Å². The maximum absolute atomic E-state index is 12.1. The number of ether oxygens (including phenoxy) is 1. The second-order valence-electron chi connectivity index (χ2n) is 3.97. The first kappa shape index (κ1) is 20.8. The summed E-state index contributed by atoms with van der Waals surface area (Å²) in [5, 5.41) is -1.45. The van der Waals surface area contributed by atoms with Gasteiger partial charge in [-0.1, -0.05) is 0 Å². The zero-order chi connectivity index (χ0) is 17.2. The van der Waals surface area contributed by atoms with Gasteiger partial charge in [-0.25, -0.2) is 0 Å². The Labute approximate surface area is 177 Å². The van der Waals surface area contributed by atoms with Gasteiger partial charge in [-0.05, 0) is 91.0 Å². The van der Waals surface area contributed by atoms with Gasteiger partial charge in [0.2, 0.25) is 0 Å². The van der Waals surface area contributed by atoms with E-state index in [0.717, 1.165) is 0 Å². The summed E-state index contributed by atoms with van der Waals surface area (Å²) >= 11 is 16.9. The van der Waals surface area contributed by atoms with Crippen molar-refractivity contribution in [3.8, 4) is 0 Å². The molecule has 0 aliphatic heterocycles. The number of rotatable bonds is 5. The van der Waals surface area contributed by atoms with Crippen LogP contribution in [0.15, 0.2) is 0 Å². The minimum atomic E-state index is -0.724. The first-order chi connectivity index (χ1) is 10.1. The lowest BCUT2D eigenvalue weighted by atomic mass is 10.1. The number of carbonyl (C=O) groups excluding carboxylic acids is 3. The number of likely N-dealkylation sites (N-methyl/N-ethyl adjacent to an activating group) is 1. The molecule has 1 aromatic carbocycles. The van der Waals surface area contributed by atoms with E-state index in [0.29, 0.717) is 16.4 Å². The Hall–Kier alpha value is 0.760. The summed E-state index contributed by atoms with van der Waals surface area (Å²) in [4.78, 5) is 36.8. The van der Waals surface area contributed by atoms with E-state index in [1.54, 1.807) is 0 Å². The molecule has 1 amide bonds. The van der Waals surface area contributed by atoms with Gasteiger partial charge >= 0.3 is 0 Å². The monoisotopic (exact) mass is 681 g/mol. The lowest BCUT2D eigenvalue weighted by Crippen LogP contribution is -2.32. The summed E-state index contributed by atoms with van der Waals surface area (Å²) in [6.07, 6.45) is 0. The number of methoxy groups -OCH3 is 1. The molecule has 0 aliphatic rings. The first-order valence-electron chi connectivity index (χ1n) is 5.50. The Balaban J connectivity index is 3.74. The SMILES string of the molecule is COCC(=O)N(C)c1c(I)c(C(=O)Cl)c(I)c(C(=O)Cl)c1I. The molecule has 0 atom stereocenters. The molecule has 0 bridgehead atoms. The first-order valence-corrected chi connectivity index (χ1v) is 9.49. The predicted octanol–water partition coefficient (Wildman–Crippen LogP) is 3.87. The van der Waals surface area contributed by atoms with E-state index in [1.165, 1.54) is 19.1 Å². The number of benzene rings is 1. The van der Waals surface area contributed by atoms with Crippen LogP contribution in [-0.4, -0.2) is 37.2 Å². The van der Waals surface area contributed by atoms with Crippen molar-refractivity contribution in [3.05, 3.63) is 21.8 Å². The van der Waals surface area contributed by atoms with Gasteiger partial charge in [0.15, 0.2) is 0 Å². The molecule has 120 valence electrons. The number of anilines is 1. The van der Waals surface area contributed by atoms with E-state index in [4.69, 9.17) is 27.9 Å². The van der Waals surface area contributed by atoms with Gasteiger partial charge in [-0.15, -0.1) is 0 Å². The van der Waals surface area contributed by atoms with Gasteiger partial charge in [0.25, 0.3) is 16.4 Å². The molecular formula is C12H8Cl2I3NO4. The smallest absolute Gasteiger partial charge is 0.254 e. The van der Waals surface area contributed by atoms with Crippen LogP contribution < -0.4 is 4.90 Å². The van der Waals surface area contributed by atoms with Crippen molar-refractivity contribution in [2.24, 2.45) is 0 Å². The summed E-state index contributed by atoms with van der Waals surface area (Å²) < 4.78 is 6.13. The lowest BCUT2D eigenvalue weighted by molar-refractivity contribution is -0.121. The molecule has 5 nitrogen and oxygen atoms in total. The molecule has 0 radical (unpaired) electrons. The zero-order valence-electron chi connectivity index (χ0n) is 11.2. The van der Waals surface area contributed by atoms with Gasteiger partial charge in [0.05, 0.1) is 24.0 Å². The Kier molecular flexibility index (Phi) is 8.26. The largest absolute Gasteiger partial charge is 0.375 e. The average molecular weight is 682 g/mol. The maximum atomic E-state index is 12.1. The second kappa shape index (κ2) is 8.74. The standard InChI is InChI=1S/C12H8Cl2I3NO4/c1-18(4(19)3-22-2)10-8(16)5(11(13)20)7(15)6(9(10)17)12(14)21/h3H2,1-2H3. The van der Waals surface area contributed by atoms with Crippen molar-refractivity contribution in [1.29, 1.82) is 0 Å². The Morgan fingerprint density at radius 3 is 1.73 bits per heavy atom. The molecule has 0 unspecified atom stereocenters. The van der Waals surface area contributed by atoms with Gasteiger partial charge in [0.1, 0.15) is 6.61 Å². The molecule has 0 fully saturated rings. The van der Waals surface area contributed by atoms with Crippen LogP contribution in [0.4, 0.5) is 5.69 Å². The third-order valence-electron chi connectivity index (χ3n) is 2.66. The van der Waals surface area contributed by atoms with Crippen molar-refractivity contribution in [3.63, 3.8) is 0 Å². The van der Waals surface area contributed by atoms with Crippen molar-refractivity contribution in [2.75, 3.05) is 25.7 Å². The highest BCUT2D eigenvalue weighted by Crippen LogP contribution is 2.38. The number of carbonyl (C=O) groups is 3. The normalized spacial score (nSPS) is 10.5. The number of hydrogen-bond acceptors (Lipinski definition) is 4. The van der Waals surface area contributed by atoms with Crippen LogP contribution in [0.2, 0.25) is 0 Å². The average Bonchev–Trinajstić information content (AvgIpc) is 2.37. The van der Waals surface area contributed by atoms with E-state index >= 15 is 0 Å². The molecule has 0 spiro atoms. The molecule has 10 heteroatoms. The summed E-state index contributed by atoms with van der Waals surface area (Å²) in [6, 6.07) is 0. The second-order valence-corrected chi connectivity index (χ2v) is 7.90. The molecule has 1 aromatic rings. The minimum absolute atomic E-state index is 0.136. The van der Waals surface area contributed by atoms with Gasteiger partial charge in [-0.3, -0.25) is 14.4 Å². The molecule has 0 aromatic heterocycles. The van der Waals surface area contributed by atoms with E-state index in [2.05, 4.69) is 0 Å². The number of amides is 1. The van der Waals surface area contributed by atoms with Crippen LogP contribution in [0.25, 0.3) is 0 Å². The number of hydrogen-bond donors (Lipinski definition) is 0. The maximum Gasteiger partial charge on any atom is 0.254 e. The fraction of sp³-hybridized carbons (Fsp3) is 0.250. The number of nitrogens with zero attached hydrogens (tertiary/aromatic N) is 1. The molecule has 0 aliphatic carbocycles. The van der Waals surface area contributed by atoms with Crippen LogP contribution in [0.3, 0.4) is 0 Å². The van der Waals surface area contributed by atoms with Crippen LogP contribution in [0, 0.1) is 10.7 Å². The quantitative estimate of drug-likeness (QED) is 0.350. The van der Waals surface area contributed by atoms with Crippen molar-refractivity contribution in [1.82, 2.24) is 0 Å². The highest BCUT2D eigenvalue weighted by atomic mass is 127. The highest BCUT2D eigenvalue weighted by molar-refractivity contribution is 14.1. The predicted molar refractivity (Wildman–Crippen MR) is 110 cm³/mol. The van der Waals surface area contributed by atoms with E-state index in [9.17, 15) is 14.4 Å². The Morgan fingerprint density at radius 1 is 1.00 bits per heavy atom. The van der Waals surface area contributed by atoms with Crippen LogP contribution >= 0.6 is 91.0 Å². The zero-order valence-corrected chi connectivity index (χ0v) is 19.2. The molecule has 0 heterocycles. The van der Waals surface area contributed by atoms with Crippen LogP contribution in [0.5, 0.6) is 0 Å².